The van der Waals surface area contributed by atoms with E-state index in [0.717, 1.165) is 9.87 Å². The highest BCUT2D eigenvalue weighted by atomic mass is 32.2. The lowest BCUT2D eigenvalue weighted by Crippen LogP contribution is -2.47. The fraction of sp³-hybridized carbons (Fsp3) is 0.364. The summed E-state index contributed by atoms with van der Waals surface area (Å²) in [7, 11) is -7.77. The number of fused-ring (bicyclic) bond motifs is 1. The Balaban J connectivity index is 1.28. The number of rotatable bonds is 8. The molecule has 2 heterocycles. The Kier molecular flexibility index (Phi) is 7.99. The van der Waals surface area contributed by atoms with E-state index in [4.69, 9.17) is 19.3 Å². The number of carbonyl (C=O) groups is 2. The molecule has 0 aromatic heterocycles. The number of nitrogens with two attached hydrogens (primary N) is 1. The predicted molar refractivity (Wildman–Crippen MR) is 129 cm³/mol. The highest BCUT2D eigenvalue weighted by molar-refractivity contribution is 7.89. The Labute approximate surface area is 214 Å². The maximum absolute atomic E-state index is 13.2. The number of nitrogens with zero attached hydrogens (tertiary/aromatic N) is 1. The standard InChI is InChI=1S/C22H26N4O9S2/c23-36(29,30)16-3-1-15(2-4-16)7-8-24-21(27)22(28)25-14-20-26(9-10-35-20)37(31,32)17-5-6-18-19(13-17)34-12-11-33-18/h1-6,13,20H,7-12,14H2,(H,24,27)(H,25,28)(H2,23,29,30)/t20-/m0/s1. The SMILES string of the molecule is NS(=O)(=O)c1ccc(CCNC(=O)C(=O)NC[C@@H]2OCCN2S(=O)(=O)c2ccc3c(c2)OCCO3)cc1. The Morgan fingerprint density at radius 1 is 0.892 bits per heavy atom. The van der Waals surface area contributed by atoms with Crippen LogP contribution < -0.4 is 25.2 Å². The second kappa shape index (κ2) is 11.0. The first kappa shape index (κ1) is 26.8. The highest BCUT2D eigenvalue weighted by Gasteiger charge is 2.37. The monoisotopic (exact) mass is 554 g/mol. The quantitative estimate of drug-likeness (QED) is 0.342. The molecule has 2 aliphatic rings. The van der Waals surface area contributed by atoms with Crippen LogP contribution in [0, 0.1) is 0 Å². The maximum atomic E-state index is 13.2. The minimum atomic E-state index is -3.97. The molecule has 2 aliphatic heterocycles. The molecule has 0 bridgehead atoms. The molecule has 37 heavy (non-hydrogen) atoms. The van der Waals surface area contributed by atoms with Gasteiger partial charge in [0, 0.05) is 19.2 Å². The van der Waals surface area contributed by atoms with Gasteiger partial charge in [0.05, 0.1) is 22.9 Å². The molecular formula is C22H26N4O9S2. The van der Waals surface area contributed by atoms with Crippen molar-refractivity contribution in [2.24, 2.45) is 5.14 Å². The average molecular weight is 555 g/mol. The van der Waals surface area contributed by atoms with Crippen LogP contribution in [-0.2, 0) is 40.8 Å². The van der Waals surface area contributed by atoms with Crippen LogP contribution in [0.4, 0.5) is 0 Å². The minimum absolute atomic E-state index is 0.00610. The summed E-state index contributed by atoms with van der Waals surface area (Å²) in [6.07, 6.45) is -0.649. The molecule has 1 atom stereocenters. The van der Waals surface area contributed by atoms with Gasteiger partial charge in [0.1, 0.15) is 19.4 Å². The number of carbonyl (C=O) groups excluding carboxylic acids is 2. The molecule has 200 valence electrons. The Morgan fingerprint density at radius 3 is 2.24 bits per heavy atom. The van der Waals surface area contributed by atoms with Gasteiger partial charge in [-0.05, 0) is 36.2 Å². The molecule has 0 radical (unpaired) electrons. The third-order valence-corrected chi connectivity index (χ3v) is 8.47. The Hall–Kier alpha value is -3.24. The van der Waals surface area contributed by atoms with E-state index >= 15 is 0 Å². The first-order valence-electron chi connectivity index (χ1n) is 11.3. The van der Waals surface area contributed by atoms with Gasteiger partial charge in [-0.1, -0.05) is 12.1 Å². The van der Waals surface area contributed by atoms with Gasteiger partial charge < -0.3 is 24.8 Å². The van der Waals surface area contributed by atoms with E-state index in [0.29, 0.717) is 31.1 Å². The smallest absolute Gasteiger partial charge is 0.309 e. The summed E-state index contributed by atoms with van der Waals surface area (Å²) in [5.41, 5.74) is 0.729. The minimum Gasteiger partial charge on any atom is -0.486 e. The van der Waals surface area contributed by atoms with E-state index in [1.165, 1.54) is 30.3 Å². The van der Waals surface area contributed by atoms with E-state index in [9.17, 15) is 26.4 Å². The number of amides is 2. The van der Waals surface area contributed by atoms with Gasteiger partial charge in [0.15, 0.2) is 11.5 Å². The van der Waals surface area contributed by atoms with Crippen molar-refractivity contribution >= 4 is 31.9 Å². The molecule has 0 saturated carbocycles. The van der Waals surface area contributed by atoms with Gasteiger partial charge in [-0.15, -0.1) is 0 Å². The van der Waals surface area contributed by atoms with E-state index < -0.39 is 38.1 Å². The van der Waals surface area contributed by atoms with Crippen LogP contribution in [0.2, 0.25) is 0 Å². The van der Waals surface area contributed by atoms with Crippen LogP contribution in [0.15, 0.2) is 52.3 Å². The lowest BCUT2D eigenvalue weighted by atomic mass is 10.1. The third-order valence-electron chi connectivity index (χ3n) is 5.66. The largest absolute Gasteiger partial charge is 0.486 e. The third kappa shape index (κ3) is 6.37. The molecule has 0 spiro atoms. The summed E-state index contributed by atoms with van der Waals surface area (Å²) >= 11 is 0. The summed E-state index contributed by atoms with van der Waals surface area (Å²) in [6, 6.07) is 10.1. The van der Waals surface area contributed by atoms with Gasteiger partial charge in [0.25, 0.3) is 0 Å². The molecule has 1 saturated heterocycles. The van der Waals surface area contributed by atoms with E-state index in [1.54, 1.807) is 12.1 Å². The number of ether oxygens (including phenoxy) is 3. The van der Waals surface area contributed by atoms with Gasteiger partial charge in [-0.25, -0.2) is 22.0 Å². The molecule has 4 N–H and O–H groups in total. The molecular weight excluding hydrogens is 528 g/mol. The zero-order chi connectivity index (χ0) is 26.6. The lowest BCUT2D eigenvalue weighted by molar-refractivity contribution is -0.139. The molecule has 2 amide bonds. The van der Waals surface area contributed by atoms with Gasteiger partial charge in [-0.3, -0.25) is 9.59 Å². The van der Waals surface area contributed by atoms with Crippen molar-refractivity contribution in [2.45, 2.75) is 22.4 Å². The van der Waals surface area contributed by atoms with Crippen LogP contribution in [0.1, 0.15) is 5.56 Å². The molecule has 2 aromatic carbocycles. The summed E-state index contributed by atoms with van der Waals surface area (Å²) in [6.45, 7) is 0.777. The van der Waals surface area contributed by atoms with Crippen LogP contribution in [0.3, 0.4) is 0 Å². The topological polar surface area (TPSA) is 183 Å². The summed E-state index contributed by atoms with van der Waals surface area (Å²) in [5.74, 6) is -1.07. The number of sulfonamides is 2. The second-order valence-electron chi connectivity index (χ2n) is 8.15. The van der Waals surface area contributed by atoms with Crippen molar-refractivity contribution in [3.05, 3.63) is 48.0 Å². The molecule has 0 unspecified atom stereocenters. The summed E-state index contributed by atoms with van der Waals surface area (Å²) in [5, 5.41) is 9.90. The Morgan fingerprint density at radius 2 is 1.54 bits per heavy atom. The zero-order valence-corrected chi connectivity index (χ0v) is 21.2. The first-order valence-corrected chi connectivity index (χ1v) is 14.3. The highest BCUT2D eigenvalue weighted by Crippen LogP contribution is 2.34. The van der Waals surface area contributed by atoms with Gasteiger partial charge >= 0.3 is 11.8 Å². The number of hydrogen-bond donors (Lipinski definition) is 3. The zero-order valence-electron chi connectivity index (χ0n) is 19.6. The number of benzene rings is 2. The number of primary sulfonamides is 1. The summed E-state index contributed by atoms with van der Waals surface area (Å²) < 4.78 is 66.4. The molecule has 1 fully saturated rings. The van der Waals surface area contributed by atoms with Crippen molar-refractivity contribution < 1.29 is 40.6 Å². The van der Waals surface area contributed by atoms with E-state index in [1.807, 2.05) is 0 Å². The van der Waals surface area contributed by atoms with Crippen LogP contribution in [-0.4, -0.2) is 78.6 Å². The summed E-state index contributed by atoms with van der Waals surface area (Å²) in [4.78, 5) is 24.3. The fourth-order valence-electron chi connectivity index (χ4n) is 3.77. The molecule has 0 aliphatic carbocycles. The fourth-order valence-corrected chi connectivity index (χ4v) is 5.81. The Bertz CT molecular complexity index is 1380. The number of hydrogen-bond acceptors (Lipinski definition) is 9. The molecule has 2 aromatic rings. The normalized spacial score (nSPS) is 17.8. The van der Waals surface area contributed by atoms with Gasteiger partial charge in [-0.2, -0.15) is 4.31 Å². The van der Waals surface area contributed by atoms with Crippen molar-refractivity contribution in [1.82, 2.24) is 14.9 Å². The van der Waals surface area contributed by atoms with Crippen molar-refractivity contribution in [3.8, 4) is 11.5 Å². The maximum Gasteiger partial charge on any atom is 0.309 e. The van der Waals surface area contributed by atoms with Crippen LogP contribution in [0.5, 0.6) is 11.5 Å². The molecule has 4 rings (SSSR count). The van der Waals surface area contributed by atoms with Crippen molar-refractivity contribution in [2.75, 3.05) is 39.5 Å². The van der Waals surface area contributed by atoms with Crippen LogP contribution >= 0.6 is 0 Å². The van der Waals surface area contributed by atoms with Crippen LogP contribution in [0.25, 0.3) is 0 Å². The lowest BCUT2D eigenvalue weighted by Gasteiger charge is -2.24. The average Bonchev–Trinajstić information content (AvgIpc) is 3.36. The molecule has 15 heteroatoms. The van der Waals surface area contributed by atoms with Crippen molar-refractivity contribution in [3.63, 3.8) is 0 Å². The van der Waals surface area contributed by atoms with Crippen molar-refractivity contribution in [1.29, 1.82) is 0 Å². The number of nitrogens with one attached hydrogen (secondary N) is 2. The van der Waals surface area contributed by atoms with E-state index in [-0.39, 0.29) is 36.0 Å². The predicted octanol–water partition coefficient (Wildman–Crippen LogP) is -1.07. The van der Waals surface area contributed by atoms with E-state index in [2.05, 4.69) is 10.6 Å². The second-order valence-corrected chi connectivity index (χ2v) is 11.6. The molecule has 13 nitrogen and oxygen atoms in total. The first-order chi connectivity index (χ1) is 17.6. The van der Waals surface area contributed by atoms with Gasteiger partial charge in [0.2, 0.25) is 20.0 Å².